The number of rotatable bonds is 5. The van der Waals surface area contributed by atoms with Crippen LogP contribution >= 0.6 is 0 Å². The topological polar surface area (TPSA) is 39.1 Å². The Morgan fingerprint density at radius 1 is 1.53 bits per heavy atom. The van der Waals surface area contributed by atoms with Crippen LogP contribution in [-0.4, -0.2) is 37.1 Å². The zero-order chi connectivity index (χ0) is 11.3. The lowest BCUT2D eigenvalue weighted by atomic mass is 9.91. The highest BCUT2D eigenvalue weighted by atomic mass is 15.2. The van der Waals surface area contributed by atoms with Crippen LogP contribution in [0, 0.1) is 16.7 Å². The second kappa shape index (κ2) is 5.48. The maximum atomic E-state index is 8.96. The fourth-order valence-electron chi connectivity index (χ4n) is 2.03. The number of likely N-dealkylation sites (N-methyl/N-ethyl adjacent to an activating group) is 1. The summed E-state index contributed by atoms with van der Waals surface area (Å²) >= 11 is 0. The molecule has 0 spiro atoms. The van der Waals surface area contributed by atoms with Crippen LogP contribution in [0.1, 0.15) is 33.6 Å². The Morgan fingerprint density at radius 3 is 2.73 bits per heavy atom. The third-order valence-corrected chi connectivity index (χ3v) is 3.28. The van der Waals surface area contributed by atoms with Gasteiger partial charge in [0, 0.05) is 12.6 Å². The van der Waals surface area contributed by atoms with Gasteiger partial charge in [-0.2, -0.15) is 5.26 Å². The molecule has 1 saturated heterocycles. The molecule has 3 nitrogen and oxygen atoms in total. The SMILES string of the molecule is CCN(CCC(C)(C)C#N)C1CCNC1. The van der Waals surface area contributed by atoms with Crippen molar-refractivity contribution in [1.29, 1.82) is 5.26 Å². The van der Waals surface area contributed by atoms with E-state index in [0.717, 1.165) is 32.6 Å². The predicted molar refractivity (Wildman–Crippen MR) is 62.5 cm³/mol. The van der Waals surface area contributed by atoms with Crippen LogP contribution in [0.25, 0.3) is 0 Å². The standard InChI is InChI=1S/C12H23N3/c1-4-15(11-5-7-14-9-11)8-6-12(2,3)10-13/h11,14H,4-9H2,1-3H3. The summed E-state index contributed by atoms with van der Waals surface area (Å²) in [5.41, 5.74) is -0.181. The molecule has 1 fully saturated rings. The van der Waals surface area contributed by atoms with Gasteiger partial charge in [-0.05, 0) is 46.3 Å². The molecule has 0 aromatic heterocycles. The molecule has 0 aromatic carbocycles. The van der Waals surface area contributed by atoms with Gasteiger partial charge in [0.1, 0.15) is 0 Å². The lowest BCUT2D eigenvalue weighted by Gasteiger charge is -2.29. The van der Waals surface area contributed by atoms with Gasteiger partial charge < -0.3 is 5.32 Å². The highest BCUT2D eigenvalue weighted by molar-refractivity contribution is 4.92. The molecular weight excluding hydrogens is 186 g/mol. The van der Waals surface area contributed by atoms with E-state index in [1.54, 1.807) is 0 Å². The Kier molecular flexibility index (Phi) is 4.56. The van der Waals surface area contributed by atoms with Crippen LogP contribution in [0.3, 0.4) is 0 Å². The van der Waals surface area contributed by atoms with Crippen molar-refractivity contribution < 1.29 is 0 Å². The number of nitrogens with zero attached hydrogens (tertiary/aromatic N) is 2. The lowest BCUT2D eigenvalue weighted by Crippen LogP contribution is -2.38. The maximum Gasteiger partial charge on any atom is 0.0684 e. The predicted octanol–water partition coefficient (Wildman–Crippen LogP) is 1.61. The van der Waals surface area contributed by atoms with Crippen LogP contribution in [-0.2, 0) is 0 Å². The van der Waals surface area contributed by atoms with E-state index in [9.17, 15) is 0 Å². The van der Waals surface area contributed by atoms with Crippen molar-refractivity contribution in [2.45, 2.75) is 39.7 Å². The first-order valence-corrected chi connectivity index (χ1v) is 5.95. The maximum absolute atomic E-state index is 8.96. The molecule has 0 radical (unpaired) electrons. The molecule has 0 aliphatic carbocycles. The van der Waals surface area contributed by atoms with E-state index in [0.29, 0.717) is 6.04 Å². The van der Waals surface area contributed by atoms with Crippen molar-refractivity contribution in [2.24, 2.45) is 5.41 Å². The number of nitriles is 1. The van der Waals surface area contributed by atoms with Crippen LogP contribution in [0.4, 0.5) is 0 Å². The number of hydrogen-bond donors (Lipinski definition) is 1. The molecule has 1 aliphatic heterocycles. The van der Waals surface area contributed by atoms with E-state index >= 15 is 0 Å². The molecule has 1 atom stereocenters. The molecule has 0 amide bonds. The molecule has 0 saturated carbocycles. The van der Waals surface area contributed by atoms with E-state index in [-0.39, 0.29) is 5.41 Å². The average molecular weight is 209 g/mol. The van der Waals surface area contributed by atoms with Crippen LogP contribution in [0.2, 0.25) is 0 Å². The minimum Gasteiger partial charge on any atom is -0.315 e. The Balaban J connectivity index is 2.37. The van der Waals surface area contributed by atoms with Crippen molar-refractivity contribution >= 4 is 0 Å². The Hall–Kier alpha value is -0.590. The summed E-state index contributed by atoms with van der Waals surface area (Å²) in [5, 5.41) is 12.4. The smallest absolute Gasteiger partial charge is 0.0684 e. The van der Waals surface area contributed by atoms with E-state index in [1.807, 2.05) is 13.8 Å². The van der Waals surface area contributed by atoms with Crippen molar-refractivity contribution in [1.82, 2.24) is 10.2 Å². The Labute approximate surface area is 93.5 Å². The van der Waals surface area contributed by atoms with Crippen LogP contribution < -0.4 is 5.32 Å². The van der Waals surface area contributed by atoms with Crippen LogP contribution in [0.5, 0.6) is 0 Å². The normalized spacial score (nSPS) is 21.9. The van der Waals surface area contributed by atoms with Gasteiger partial charge in [0.15, 0.2) is 0 Å². The van der Waals surface area contributed by atoms with Crippen molar-refractivity contribution in [3.63, 3.8) is 0 Å². The second-order valence-electron chi connectivity index (χ2n) is 5.02. The molecule has 86 valence electrons. The minimum atomic E-state index is -0.181. The summed E-state index contributed by atoms with van der Waals surface area (Å²) in [5.74, 6) is 0. The first-order valence-electron chi connectivity index (χ1n) is 5.95. The summed E-state index contributed by atoms with van der Waals surface area (Å²) < 4.78 is 0. The van der Waals surface area contributed by atoms with Gasteiger partial charge in [-0.25, -0.2) is 0 Å². The fraction of sp³-hybridized carbons (Fsp3) is 0.917. The van der Waals surface area contributed by atoms with E-state index in [2.05, 4.69) is 23.2 Å². The van der Waals surface area contributed by atoms with Gasteiger partial charge in [0.05, 0.1) is 11.5 Å². The van der Waals surface area contributed by atoms with Gasteiger partial charge >= 0.3 is 0 Å². The van der Waals surface area contributed by atoms with Gasteiger partial charge in [-0.1, -0.05) is 6.92 Å². The molecule has 0 aromatic rings. The quantitative estimate of drug-likeness (QED) is 0.747. The average Bonchev–Trinajstić information content (AvgIpc) is 2.72. The minimum absolute atomic E-state index is 0.181. The van der Waals surface area contributed by atoms with Gasteiger partial charge in [-0.3, -0.25) is 4.90 Å². The molecule has 1 unspecified atom stereocenters. The van der Waals surface area contributed by atoms with Crippen LogP contribution in [0.15, 0.2) is 0 Å². The summed E-state index contributed by atoms with van der Waals surface area (Å²) in [6.45, 7) is 10.6. The highest BCUT2D eigenvalue weighted by Gasteiger charge is 2.23. The molecule has 1 rings (SSSR count). The highest BCUT2D eigenvalue weighted by Crippen LogP contribution is 2.20. The number of nitrogens with one attached hydrogen (secondary N) is 1. The molecule has 1 N–H and O–H groups in total. The van der Waals surface area contributed by atoms with Crippen molar-refractivity contribution in [3.8, 4) is 6.07 Å². The van der Waals surface area contributed by atoms with Crippen molar-refractivity contribution in [2.75, 3.05) is 26.2 Å². The second-order valence-corrected chi connectivity index (χ2v) is 5.02. The summed E-state index contributed by atoms with van der Waals surface area (Å²) in [6.07, 6.45) is 2.22. The summed E-state index contributed by atoms with van der Waals surface area (Å²) in [4.78, 5) is 2.50. The first kappa shape index (κ1) is 12.5. The molecule has 3 heteroatoms. The molecular formula is C12H23N3. The van der Waals surface area contributed by atoms with Gasteiger partial charge in [-0.15, -0.1) is 0 Å². The zero-order valence-electron chi connectivity index (χ0n) is 10.2. The molecule has 1 aliphatic rings. The molecule has 15 heavy (non-hydrogen) atoms. The number of hydrogen-bond acceptors (Lipinski definition) is 3. The van der Waals surface area contributed by atoms with E-state index < -0.39 is 0 Å². The third kappa shape index (κ3) is 3.81. The van der Waals surface area contributed by atoms with Gasteiger partial charge in [0.2, 0.25) is 0 Å². The van der Waals surface area contributed by atoms with E-state index in [4.69, 9.17) is 5.26 Å². The zero-order valence-corrected chi connectivity index (χ0v) is 10.2. The largest absolute Gasteiger partial charge is 0.315 e. The first-order chi connectivity index (χ1) is 7.09. The lowest BCUT2D eigenvalue weighted by molar-refractivity contribution is 0.196. The summed E-state index contributed by atoms with van der Waals surface area (Å²) in [6, 6.07) is 3.05. The Morgan fingerprint density at radius 2 is 2.27 bits per heavy atom. The Bertz CT molecular complexity index is 224. The van der Waals surface area contributed by atoms with Gasteiger partial charge in [0.25, 0.3) is 0 Å². The third-order valence-electron chi connectivity index (χ3n) is 3.28. The van der Waals surface area contributed by atoms with Crippen molar-refractivity contribution in [3.05, 3.63) is 0 Å². The fourth-order valence-corrected chi connectivity index (χ4v) is 2.03. The van der Waals surface area contributed by atoms with E-state index in [1.165, 1.54) is 6.42 Å². The summed E-state index contributed by atoms with van der Waals surface area (Å²) in [7, 11) is 0. The molecule has 0 bridgehead atoms. The monoisotopic (exact) mass is 209 g/mol. The molecule has 1 heterocycles.